The topological polar surface area (TPSA) is 57.8 Å². The Morgan fingerprint density at radius 2 is 2.09 bits per heavy atom. The molecule has 7 heteroatoms. The third-order valence-corrected chi connectivity index (χ3v) is 3.84. The molecule has 0 spiro atoms. The van der Waals surface area contributed by atoms with Gasteiger partial charge in [-0.3, -0.25) is 9.89 Å². The lowest BCUT2D eigenvalue weighted by Gasteiger charge is -2.26. The smallest absolute Gasteiger partial charge is 0.345 e. The Labute approximate surface area is 124 Å². The summed E-state index contributed by atoms with van der Waals surface area (Å²) in [7, 11) is 0. The van der Waals surface area contributed by atoms with Gasteiger partial charge in [-0.2, -0.15) is 18.3 Å². The van der Waals surface area contributed by atoms with E-state index < -0.39 is 23.3 Å². The number of aromatic nitrogens is 2. The van der Waals surface area contributed by atoms with Crippen LogP contribution in [0.1, 0.15) is 46.1 Å². The number of fused-ring (bicyclic) bond motifs is 1. The summed E-state index contributed by atoms with van der Waals surface area (Å²) in [5.74, 6) is -0.761. The highest BCUT2D eigenvalue weighted by atomic mass is 19.4. The number of benzene rings is 1. The Morgan fingerprint density at radius 1 is 1.32 bits per heavy atom. The SMILES string of the molecule is O=C(N[C@@H]1CCCc2ccccc21)c1cn[nH]c1C(F)(F)F. The first-order valence-corrected chi connectivity index (χ1v) is 6.96. The van der Waals surface area contributed by atoms with Crippen LogP contribution in [0.2, 0.25) is 0 Å². The van der Waals surface area contributed by atoms with Crippen LogP contribution >= 0.6 is 0 Å². The fourth-order valence-corrected chi connectivity index (χ4v) is 2.81. The molecule has 1 heterocycles. The van der Waals surface area contributed by atoms with Crippen LogP contribution in [0, 0.1) is 0 Å². The Balaban J connectivity index is 1.83. The molecule has 1 atom stereocenters. The van der Waals surface area contributed by atoms with E-state index in [0.717, 1.165) is 30.2 Å². The molecule has 1 amide bonds. The van der Waals surface area contributed by atoms with Gasteiger partial charge in [0.1, 0.15) is 0 Å². The van der Waals surface area contributed by atoms with Crippen LogP contribution in [0.15, 0.2) is 30.5 Å². The Morgan fingerprint density at radius 3 is 2.86 bits per heavy atom. The average molecular weight is 309 g/mol. The number of H-pyrrole nitrogens is 1. The van der Waals surface area contributed by atoms with Gasteiger partial charge in [-0.05, 0) is 30.4 Å². The minimum Gasteiger partial charge on any atom is -0.345 e. The van der Waals surface area contributed by atoms with Crippen molar-refractivity contribution in [1.82, 2.24) is 15.5 Å². The zero-order valence-corrected chi connectivity index (χ0v) is 11.6. The molecule has 0 saturated carbocycles. The number of aromatic amines is 1. The summed E-state index contributed by atoms with van der Waals surface area (Å²) >= 11 is 0. The van der Waals surface area contributed by atoms with E-state index in [1.807, 2.05) is 29.4 Å². The quantitative estimate of drug-likeness (QED) is 0.895. The maximum Gasteiger partial charge on any atom is 0.433 e. The number of nitrogens with one attached hydrogen (secondary N) is 2. The monoisotopic (exact) mass is 309 g/mol. The van der Waals surface area contributed by atoms with Gasteiger partial charge in [0.2, 0.25) is 0 Å². The Kier molecular flexibility index (Phi) is 3.64. The van der Waals surface area contributed by atoms with Crippen molar-refractivity contribution < 1.29 is 18.0 Å². The summed E-state index contributed by atoms with van der Waals surface area (Å²) in [6, 6.07) is 7.39. The van der Waals surface area contributed by atoms with Crippen molar-refractivity contribution in [2.24, 2.45) is 0 Å². The van der Waals surface area contributed by atoms with Crippen LogP contribution in [0.5, 0.6) is 0 Å². The summed E-state index contributed by atoms with van der Waals surface area (Å²) in [5.41, 5.74) is 0.506. The number of nitrogens with zero attached hydrogens (tertiary/aromatic N) is 1. The molecule has 116 valence electrons. The van der Waals surface area contributed by atoms with Gasteiger partial charge >= 0.3 is 6.18 Å². The molecule has 22 heavy (non-hydrogen) atoms. The number of hydrogen-bond donors (Lipinski definition) is 2. The summed E-state index contributed by atoms with van der Waals surface area (Å²) < 4.78 is 38.4. The van der Waals surface area contributed by atoms with Crippen molar-refractivity contribution >= 4 is 5.91 Å². The number of alkyl halides is 3. The first-order valence-electron chi connectivity index (χ1n) is 6.96. The van der Waals surface area contributed by atoms with Crippen molar-refractivity contribution in [3.63, 3.8) is 0 Å². The molecule has 0 bridgehead atoms. The van der Waals surface area contributed by atoms with Crippen molar-refractivity contribution in [2.45, 2.75) is 31.5 Å². The minimum atomic E-state index is -4.63. The molecule has 2 N–H and O–H groups in total. The molecule has 1 aromatic carbocycles. The van der Waals surface area contributed by atoms with Gasteiger partial charge in [-0.25, -0.2) is 0 Å². The van der Waals surface area contributed by atoms with Crippen LogP contribution in [0.25, 0.3) is 0 Å². The van der Waals surface area contributed by atoms with Gasteiger partial charge in [-0.1, -0.05) is 24.3 Å². The number of amides is 1. The lowest BCUT2D eigenvalue weighted by atomic mass is 9.87. The van der Waals surface area contributed by atoms with Gasteiger partial charge < -0.3 is 5.32 Å². The predicted molar refractivity (Wildman–Crippen MR) is 73.2 cm³/mol. The largest absolute Gasteiger partial charge is 0.433 e. The molecule has 1 aromatic heterocycles. The zero-order valence-electron chi connectivity index (χ0n) is 11.6. The summed E-state index contributed by atoms with van der Waals surface area (Å²) in [5, 5.41) is 7.88. The highest BCUT2D eigenvalue weighted by Crippen LogP contribution is 2.32. The zero-order chi connectivity index (χ0) is 15.7. The second kappa shape index (κ2) is 5.47. The van der Waals surface area contributed by atoms with Gasteiger partial charge in [-0.15, -0.1) is 0 Å². The standard InChI is InChI=1S/C15H14F3N3O/c16-15(17,18)13-11(8-19-21-13)14(22)20-12-7-3-5-9-4-1-2-6-10(9)12/h1-2,4,6,8,12H,3,5,7H2,(H,19,21)(H,20,22)/t12-/m1/s1. The second-order valence-electron chi connectivity index (χ2n) is 5.27. The van der Waals surface area contributed by atoms with Crippen LogP contribution in [-0.4, -0.2) is 16.1 Å². The minimum absolute atomic E-state index is 0.270. The van der Waals surface area contributed by atoms with Crippen LogP contribution in [-0.2, 0) is 12.6 Å². The van der Waals surface area contributed by atoms with Crippen LogP contribution in [0.4, 0.5) is 13.2 Å². The van der Waals surface area contributed by atoms with E-state index in [4.69, 9.17) is 0 Å². The first kappa shape index (κ1) is 14.6. The number of rotatable bonds is 2. The van der Waals surface area contributed by atoms with Crippen molar-refractivity contribution in [3.8, 4) is 0 Å². The normalized spacial score (nSPS) is 17.9. The molecule has 0 saturated heterocycles. The van der Waals surface area contributed by atoms with E-state index in [1.54, 1.807) is 0 Å². The number of carbonyl (C=O) groups is 1. The maximum absolute atomic E-state index is 12.8. The van der Waals surface area contributed by atoms with Crippen molar-refractivity contribution in [2.75, 3.05) is 0 Å². The van der Waals surface area contributed by atoms with Gasteiger partial charge in [0.15, 0.2) is 5.69 Å². The Hall–Kier alpha value is -2.31. The Bertz CT molecular complexity index is 693. The molecule has 0 unspecified atom stereocenters. The van der Waals surface area contributed by atoms with Gasteiger partial charge in [0, 0.05) is 0 Å². The molecule has 1 aliphatic rings. The van der Waals surface area contributed by atoms with Crippen molar-refractivity contribution in [1.29, 1.82) is 0 Å². The fourth-order valence-electron chi connectivity index (χ4n) is 2.81. The molecule has 3 rings (SSSR count). The molecule has 2 aromatic rings. The molecular formula is C15H14F3N3O. The van der Waals surface area contributed by atoms with Crippen LogP contribution in [0.3, 0.4) is 0 Å². The summed E-state index contributed by atoms with van der Waals surface area (Å²) in [4.78, 5) is 12.2. The van der Waals surface area contributed by atoms with Gasteiger partial charge in [0.05, 0.1) is 17.8 Å². The van der Waals surface area contributed by atoms with E-state index in [0.29, 0.717) is 6.42 Å². The third kappa shape index (κ3) is 2.70. The number of halogens is 3. The lowest BCUT2D eigenvalue weighted by molar-refractivity contribution is -0.141. The highest BCUT2D eigenvalue weighted by molar-refractivity contribution is 5.95. The molecule has 1 aliphatic carbocycles. The second-order valence-corrected chi connectivity index (χ2v) is 5.27. The highest BCUT2D eigenvalue weighted by Gasteiger charge is 2.38. The number of carbonyl (C=O) groups excluding carboxylic acids is 1. The van der Waals surface area contributed by atoms with Gasteiger partial charge in [0.25, 0.3) is 5.91 Å². The lowest BCUT2D eigenvalue weighted by Crippen LogP contribution is -2.32. The molecule has 0 fully saturated rings. The molecular weight excluding hydrogens is 295 g/mol. The molecule has 0 radical (unpaired) electrons. The first-order chi connectivity index (χ1) is 10.5. The summed E-state index contributed by atoms with van der Waals surface area (Å²) in [6.07, 6.45) is -1.20. The van der Waals surface area contributed by atoms with E-state index >= 15 is 0 Å². The molecule has 0 aliphatic heterocycles. The van der Waals surface area contributed by atoms with Crippen molar-refractivity contribution in [3.05, 3.63) is 52.8 Å². The average Bonchev–Trinajstić information content (AvgIpc) is 2.97. The predicted octanol–water partition coefficient (Wildman–Crippen LogP) is 3.24. The number of hydrogen-bond acceptors (Lipinski definition) is 2. The number of aryl methyl sites for hydroxylation is 1. The van der Waals surface area contributed by atoms with E-state index in [-0.39, 0.29) is 6.04 Å². The summed E-state index contributed by atoms with van der Waals surface area (Å²) in [6.45, 7) is 0. The maximum atomic E-state index is 12.8. The third-order valence-electron chi connectivity index (χ3n) is 3.84. The molecule has 4 nitrogen and oxygen atoms in total. The van der Waals surface area contributed by atoms with E-state index in [2.05, 4.69) is 10.4 Å². The fraction of sp³-hybridized carbons (Fsp3) is 0.333. The van der Waals surface area contributed by atoms with E-state index in [1.165, 1.54) is 0 Å². The van der Waals surface area contributed by atoms with E-state index in [9.17, 15) is 18.0 Å². The van der Waals surface area contributed by atoms with Crippen LogP contribution < -0.4 is 5.32 Å².